The maximum atomic E-state index is 12.0. The van der Waals surface area contributed by atoms with E-state index in [4.69, 9.17) is 10.5 Å². The highest BCUT2D eigenvalue weighted by atomic mass is 32.2. The number of hydrogen-bond acceptors (Lipinski definition) is 6. The molecule has 0 bridgehead atoms. The summed E-state index contributed by atoms with van der Waals surface area (Å²) in [7, 11) is -3.26. The third-order valence-electron chi connectivity index (χ3n) is 6.94. The highest BCUT2D eigenvalue weighted by molar-refractivity contribution is 7.92. The van der Waals surface area contributed by atoms with Crippen molar-refractivity contribution in [3.63, 3.8) is 0 Å². The van der Waals surface area contributed by atoms with Crippen LogP contribution in [0.1, 0.15) is 44.7 Å². The van der Waals surface area contributed by atoms with Crippen molar-refractivity contribution >= 4 is 28.0 Å². The first-order valence-electron chi connectivity index (χ1n) is 12.8. The Labute approximate surface area is 226 Å². The van der Waals surface area contributed by atoms with Gasteiger partial charge < -0.3 is 20.7 Å². The molecule has 2 aromatic carbocycles. The number of anilines is 1. The molecule has 2 aromatic rings. The van der Waals surface area contributed by atoms with Gasteiger partial charge in [-0.25, -0.2) is 8.42 Å². The summed E-state index contributed by atoms with van der Waals surface area (Å²) in [6.07, 6.45) is 3.76. The minimum atomic E-state index is -3.26. The molecule has 2 amide bonds. The summed E-state index contributed by atoms with van der Waals surface area (Å²) in [5.41, 5.74) is 7.73. The maximum absolute atomic E-state index is 12.0. The van der Waals surface area contributed by atoms with E-state index in [1.54, 1.807) is 18.7 Å². The van der Waals surface area contributed by atoms with Crippen molar-refractivity contribution in [3.8, 4) is 0 Å². The van der Waals surface area contributed by atoms with E-state index < -0.39 is 15.6 Å². The number of hydrogen-bond donors (Lipinski definition) is 2. The SMILES string of the molecule is CC(COCc1ccccc1)NC(=O)C(C)(C)N.CS(=O)(=O)N1CC2(CCN(C=O)CC2)c2ccccc21. The average Bonchev–Trinajstić information content (AvgIpc) is 3.20. The molecule has 2 heterocycles. The lowest BCUT2D eigenvalue weighted by molar-refractivity contribution is -0.126. The molecule has 1 saturated heterocycles. The molecule has 2 aliphatic heterocycles. The summed E-state index contributed by atoms with van der Waals surface area (Å²) in [4.78, 5) is 24.2. The standard InChI is InChI=1S/C14H18N2O3S.C14H22N2O2/c1-20(18,19)16-10-14(6-8-15(11-17)9-7-14)12-4-2-3-5-13(12)16;1-11(16-13(17)14(2,3)15)9-18-10-12-7-5-4-6-8-12/h2-5,11H,6-10H2,1H3;4-8,11H,9-10,15H2,1-3H3,(H,16,17). The van der Waals surface area contributed by atoms with Gasteiger partial charge in [0.15, 0.2) is 0 Å². The molecular formula is C28H40N4O5S. The first kappa shape index (κ1) is 29.6. The number of nitrogens with zero attached hydrogens (tertiary/aromatic N) is 2. The summed E-state index contributed by atoms with van der Waals surface area (Å²) in [5, 5.41) is 2.82. The number of para-hydroxylation sites is 1. The van der Waals surface area contributed by atoms with E-state index in [1.165, 1.54) is 10.6 Å². The summed E-state index contributed by atoms with van der Waals surface area (Å²) in [6, 6.07) is 17.6. The van der Waals surface area contributed by atoms with Crippen molar-refractivity contribution in [2.24, 2.45) is 5.73 Å². The number of benzene rings is 2. The van der Waals surface area contributed by atoms with E-state index in [-0.39, 0.29) is 17.4 Å². The Bertz CT molecular complexity index is 1190. The number of carbonyl (C=O) groups is 2. The average molecular weight is 545 g/mol. The van der Waals surface area contributed by atoms with E-state index in [0.717, 1.165) is 36.1 Å². The topological polar surface area (TPSA) is 122 Å². The summed E-state index contributed by atoms with van der Waals surface area (Å²) in [5.74, 6) is -0.168. The molecule has 9 nitrogen and oxygen atoms in total. The van der Waals surface area contributed by atoms with Gasteiger partial charge in [0.05, 0.1) is 30.7 Å². The number of nitrogens with one attached hydrogen (secondary N) is 1. The molecule has 1 spiro atoms. The quantitative estimate of drug-likeness (QED) is 0.492. The summed E-state index contributed by atoms with van der Waals surface area (Å²) >= 11 is 0. The van der Waals surface area contributed by atoms with Crippen molar-refractivity contribution in [1.29, 1.82) is 0 Å². The number of carbonyl (C=O) groups excluding carboxylic acids is 2. The van der Waals surface area contributed by atoms with Crippen LogP contribution in [0.5, 0.6) is 0 Å². The number of amides is 2. The molecule has 3 N–H and O–H groups in total. The molecular weight excluding hydrogens is 504 g/mol. The fraction of sp³-hybridized carbons (Fsp3) is 0.500. The van der Waals surface area contributed by atoms with Gasteiger partial charge in [0.1, 0.15) is 0 Å². The Morgan fingerprint density at radius 1 is 1.13 bits per heavy atom. The molecule has 2 aliphatic rings. The fourth-order valence-electron chi connectivity index (χ4n) is 4.74. The first-order chi connectivity index (χ1) is 17.9. The van der Waals surface area contributed by atoms with E-state index in [1.807, 2.05) is 61.5 Å². The Kier molecular flexibility index (Phi) is 9.56. The second-order valence-electron chi connectivity index (χ2n) is 10.8. The van der Waals surface area contributed by atoms with Crippen molar-refractivity contribution in [1.82, 2.24) is 10.2 Å². The number of fused-ring (bicyclic) bond motifs is 2. The highest BCUT2D eigenvalue weighted by Crippen LogP contribution is 2.47. The third kappa shape index (κ3) is 7.55. The molecule has 4 rings (SSSR count). The number of rotatable bonds is 8. The largest absolute Gasteiger partial charge is 0.375 e. The normalized spacial score (nSPS) is 17.3. The third-order valence-corrected chi connectivity index (χ3v) is 8.06. The van der Waals surface area contributed by atoms with Crippen LogP contribution in [0.15, 0.2) is 54.6 Å². The highest BCUT2D eigenvalue weighted by Gasteiger charge is 2.46. The molecule has 10 heteroatoms. The van der Waals surface area contributed by atoms with Crippen LogP contribution in [0.4, 0.5) is 5.69 Å². The minimum absolute atomic E-state index is 0.0518. The Hall–Kier alpha value is -2.95. The van der Waals surface area contributed by atoms with Gasteiger partial charge in [-0.15, -0.1) is 0 Å². The minimum Gasteiger partial charge on any atom is -0.375 e. The van der Waals surface area contributed by atoms with Crippen molar-refractivity contribution in [3.05, 3.63) is 65.7 Å². The van der Waals surface area contributed by atoms with Crippen molar-refractivity contribution < 1.29 is 22.7 Å². The van der Waals surface area contributed by atoms with Crippen molar-refractivity contribution in [2.45, 2.75) is 57.2 Å². The molecule has 0 aromatic heterocycles. The zero-order chi connectivity index (χ0) is 28.0. The molecule has 208 valence electrons. The van der Waals surface area contributed by atoms with Gasteiger partial charge in [0.25, 0.3) is 0 Å². The lowest BCUT2D eigenvalue weighted by atomic mass is 9.74. The zero-order valence-electron chi connectivity index (χ0n) is 22.7. The number of likely N-dealkylation sites (tertiary alicyclic amines) is 1. The molecule has 0 saturated carbocycles. The fourth-order valence-corrected chi connectivity index (χ4v) is 5.74. The van der Waals surface area contributed by atoms with Gasteiger partial charge in [-0.3, -0.25) is 13.9 Å². The Morgan fingerprint density at radius 3 is 2.32 bits per heavy atom. The van der Waals surface area contributed by atoms with Crippen LogP contribution in [-0.2, 0) is 36.4 Å². The van der Waals surface area contributed by atoms with Crippen LogP contribution < -0.4 is 15.4 Å². The smallest absolute Gasteiger partial charge is 0.239 e. The molecule has 0 radical (unpaired) electrons. The Balaban J connectivity index is 0.000000212. The summed E-state index contributed by atoms with van der Waals surface area (Å²) in [6.45, 7) is 8.15. The Morgan fingerprint density at radius 2 is 1.74 bits per heavy atom. The van der Waals surface area contributed by atoms with Crippen LogP contribution in [0.25, 0.3) is 0 Å². The van der Waals surface area contributed by atoms with Crippen LogP contribution >= 0.6 is 0 Å². The molecule has 38 heavy (non-hydrogen) atoms. The van der Waals surface area contributed by atoms with E-state index in [0.29, 0.717) is 32.8 Å². The predicted molar refractivity (Wildman–Crippen MR) is 149 cm³/mol. The number of piperidine rings is 1. The number of nitrogens with two attached hydrogens (primary N) is 1. The maximum Gasteiger partial charge on any atom is 0.239 e. The predicted octanol–water partition coefficient (Wildman–Crippen LogP) is 2.40. The van der Waals surface area contributed by atoms with Gasteiger partial charge in [0, 0.05) is 31.1 Å². The van der Waals surface area contributed by atoms with Crippen LogP contribution in [0.2, 0.25) is 0 Å². The lowest BCUT2D eigenvalue weighted by Gasteiger charge is -2.38. The van der Waals surface area contributed by atoms with Crippen LogP contribution in [0, 0.1) is 0 Å². The van der Waals surface area contributed by atoms with Gasteiger partial charge in [-0.1, -0.05) is 48.5 Å². The monoisotopic (exact) mass is 544 g/mol. The number of ether oxygens (including phenoxy) is 1. The van der Waals surface area contributed by atoms with Crippen molar-refractivity contribution in [2.75, 3.05) is 36.8 Å². The molecule has 1 unspecified atom stereocenters. The van der Waals surface area contributed by atoms with Gasteiger partial charge in [0.2, 0.25) is 22.3 Å². The van der Waals surface area contributed by atoms with Gasteiger partial charge in [-0.05, 0) is 50.8 Å². The first-order valence-corrected chi connectivity index (χ1v) is 14.7. The van der Waals surface area contributed by atoms with Crippen LogP contribution in [0.3, 0.4) is 0 Å². The molecule has 1 fully saturated rings. The zero-order valence-corrected chi connectivity index (χ0v) is 23.5. The second-order valence-corrected chi connectivity index (χ2v) is 12.7. The second kappa shape index (κ2) is 12.3. The van der Waals surface area contributed by atoms with Gasteiger partial charge >= 0.3 is 0 Å². The summed E-state index contributed by atoms with van der Waals surface area (Å²) < 4.78 is 31.1. The lowest BCUT2D eigenvalue weighted by Crippen LogP contribution is -2.52. The molecule has 1 atom stereocenters. The van der Waals surface area contributed by atoms with Gasteiger partial charge in [-0.2, -0.15) is 0 Å². The van der Waals surface area contributed by atoms with Crippen LogP contribution in [-0.4, -0.2) is 69.7 Å². The van der Waals surface area contributed by atoms with E-state index >= 15 is 0 Å². The molecule has 0 aliphatic carbocycles. The van der Waals surface area contributed by atoms with E-state index in [9.17, 15) is 18.0 Å². The van der Waals surface area contributed by atoms with E-state index in [2.05, 4.69) is 5.32 Å². The number of sulfonamides is 1.